The number of thiazole rings is 1. The van der Waals surface area contributed by atoms with Crippen molar-refractivity contribution in [2.75, 3.05) is 5.32 Å². The molecule has 0 fully saturated rings. The Kier molecular flexibility index (Phi) is 4.14. The van der Waals surface area contributed by atoms with Crippen molar-refractivity contribution in [1.29, 1.82) is 0 Å². The smallest absolute Gasteiger partial charge is 0.321 e. The lowest BCUT2D eigenvalue weighted by Gasteiger charge is -2.07. The Morgan fingerprint density at radius 1 is 1.00 bits per heavy atom. The van der Waals surface area contributed by atoms with Gasteiger partial charge in [-0.25, -0.2) is 4.98 Å². The van der Waals surface area contributed by atoms with Crippen LogP contribution in [0.4, 0.5) is 32.0 Å². The number of amides is 1. The second kappa shape index (κ2) is 5.59. The molecule has 1 aromatic heterocycles. The van der Waals surface area contributed by atoms with Crippen LogP contribution in [0.25, 0.3) is 0 Å². The standard InChI is InChI=1S/C12H6F6N2OS/c13-11(14,15)8-7(22-10(20-8)12(16,17)18)9(21)19-6-4-2-1-3-5-6/h1-5H,(H,19,21). The van der Waals surface area contributed by atoms with Crippen LogP contribution in [0.15, 0.2) is 30.3 Å². The molecule has 22 heavy (non-hydrogen) atoms. The molecule has 0 aliphatic rings. The molecule has 0 saturated carbocycles. The first-order valence-corrected chi connectivity index (χ1v) is 6.42. The fraction of sp³-hybridized carbons (Fsp3) is 0.167. The highest BCUT2D eigenvalue weighted by Crippen LogP contribution is 2.40. The Hall–Kier alpha value is -2.10. The maximum Gasteiger partial charge on any atom is 0.443 e. The third kappa shape index (κ3) is 3.56. The molecule has 2 aromatic rings. The van der Waals surface area contributed by atoms with Crippen LogP contribution in [0.2, 0.25) is 0 Å². The third-order valence-electron chi connectivity index (χ3n) is 2.38. The topological polar surface area (TPSA) is 42.0 Å². The summed E-state index contributed by atoms with van der Waals surface area (Å²) in [7, 11) is 0. The second-order valence-electron chi connectivity index (χ2n) is 4.01. The summed E-state index contributed by atoms with van der Waals surface area (Å²) in [5.41, 5.74) is -1.69. The van der Waals surface area contributed by atoms with Crippen molar-refractivity contribution >= 4 is 22.9 Å². The molecule has 0 spiro atoms. The van der Waals surface area contributed by atoms with Gasteiger partial charge < -0.3 is 5.32 Å². The molecule has 10 heteroatoms. The summed E-state index contributed by atoms with van der Waals surface area (Å²) in [6.07, 6.45) is -10.2. The van der Waals surface area contributed by atoms with Gasteiger partial charge in [0.25, 0.3) is 5.91 Å². The van der Waals surface area contributed by atoms with Gasteiger partial charge in [-0.15, -0.1) is 11.3 Å². The number of nitrogens with one attached hydrogen (secondary N) is 1. The maximum absolute atomic E-state index is 12.7. The number of halogens is 6. The molecule has 1 aromatic carbocycles. The van der Waals surface area contributed by atoms with Crippen LogP contribution in [0, 0.1) is 0 Å². The number of alkyl halides is 6. The summed E-state index contributed by atoms with van der Waals surface area (Å²) in [5, 5.41) is 0.376. The van der Waals surface area contributed by atoms with E-state index in [2.05, 4.69) is 10.3 Å². The molecule has 0 aliphatic heterocycles. The molecule has 0 atom stereocenters. The van der Waals surface area contributed by atoms with Crippen LogP contribution < -0.4 is 5.32 Å². The zero-order valence-corrected chi connectivity index (χ0v) is 11.2. The molecule has 1 amide bonds. The Balaban J connectivity index is 2.40. The average Bonchev–Trinajstić information content (AvgIpc) is 2.84. The third-order valence-corrected chi connectivity index (χ3v) is 3.48. The lowest BCUT2D eigenvalue weighted by Crippen LogP contribution is -2.17. The minimum absolute atomic E-state index is 0.155. The molecule has 3 nitrogen and oxygen atoms in total. The van der Waals surface area contributed by atoms with E-state index >= 15 is 0 Å². The number of carbonyl (C=O) groups is 1. The van der Waals surface area contributed by atoms with Gasteiger partial charge >= 0.3 is 12.4 Å². The highest BCUT2D eigenvalue weighted by molar-refractivity contribution is 7.14. The fourth-order valence-electron chi connectivity index (χ4n) is 1.50. The van der Waals surface area contributed by atoms with E-state index < -0.39 is 33.8 Å². The Morgan fingerprint density at radius 2 is 1.59 bits per heavy atom. The summed E-state index contributed by atoms with van der Waals surface area (Å²) in [4.78, 5) is 13.2. The molecule has 0 aliphatic carbocycles. The number of para-hydroxylation sites is 1. The lowest BCUT2D eigenvalue weighted by atomic mass is 10.3. The highest BCUT2D eigenvalue weighted by atomic mass is 32.1. The van der Waals surface area contributed by atoms with Crippen molar-refractivity contribution in [3.63, 3.8) is 0 Å². The molecular formula is C12H6F6N2OS. The second-order valence-corrected chi connectivity index (χ2v) is 5.01. The van der Waals surface area contributed by atoms with E-state index in [0.29, 0.717) is 0 Å². The molecule has 118 valence electrons. The number of anilines is 1. The van der Waals surface area contributed by atoms with Crippen molar-refractivity contribution in [3.05, 3.63) is 45.9 Å². The number of rotatable bonds is 2. The van der Waals surface area contributed by atoms with Crippen LogP contribution in [-0.2, 0) is 12.4 Å². The lowest BCUT2D eigenvalue weighted by molar-refractivity contribution is -0.147. The van der Waals surface area contributed by atoms with Crippen LogP contribution in [0.1, 0.15) is 20.4 Å². The van der Waals surface area contributed by atoms with Crippen LogP contribution >= 0.6 is 11.3 Å². The van der Waals surface area contributed by atoms with Gasteiger partial charge in [0.05, 0.1) is 0 Å². The minimum atomic E-state index is -5.16. The zero-order valence-electron chi connectivity index (χ0n) is 10.4. The quantitative estimate of drug-likeness (QED) is 0.822. The first-order valence-electron chi connectivity index (χ1n) is 5.60. The van der Waals surface area contributed by atoms with Crippen LogP contribution in [0.5, 0.6) is 0 Å². The fourth-order valence-corrected chi connectivity index (χ4v) is 2.34. The first-order chi connectivity index (χ1) is 10.1. The van der Waals surface area contributed by atoms with Crippen molar-refractivity contribution in [3.8, 4) is 0 Å². The monoisotopic (exact) mass is 340 g/mol. The van der Waals surface area contributed by atoms with Crippen LogP contribution in [0.3, 0.4) is 0 Å². The molecule has 0 radical (unpaired) electrons. The largest absolute Gasteiger partial charge is 0.443 e. The van der Waals surface area contributed by atoms with E-state index in [4.69, 9.17) is 0 Å². The highest BCUT2D eigenvalue weighted by Gasteiger charge is 2.44. The van der Waals surface area contributed by atoms with Gasteiger partial charge in [-0.05, 0) is 12.1 Å². The molecule has 2 rings (SSSR count). The normalized spacial score (nSPS) is 12.3. The summed E-state index contributed by atoms with van der Waals surface area (Å²) >= 11 is -0.347. The van der Waals surface area contributed by atoms with Gasteiger partial charge in [-0.2, -0.15) is 26.3 Å². The van der Waals surface area contributed by atoms with Gasteiger partial charge in [0, 0.05) is 5.69 Å². The Bertz CT molecular complexity index is 677. The summed E-state index contributed by atoms with van der Waals surface area (Å²) < 4.78 is 75.8. The predicted molar refractivity (Wildman–Crippen MR) is 66.5 cm³/mol. The van der Waals surface area contributed by atoms with E-state index in [0.717, 1.165) is 0 Å². The molecule has 0 unspecified atom stereocenters. The molecule has 1 N–H and O–H groups in total. The number of carbonyl (C=O) groups excluding carboxylic acids is 1. The summed E-state index contributed by atoms with van der Waals surface area (Å²) in [6.45, 7) is 0. The van der Waals surface area contributed by atoms with Gasteiger partial charge in [0.1, 0.15) is 4.88 Å². The van der Waals surface area contributed by atoms with Crippen molar-refractivity contribution in [2.24, 2.45) is 0 Å². The molecule has 0 saturated heterocycles. The Labute approximate surface area is 123 Å². The van der Waals surface area contributed by atoms with Crippen LogP contribution in [-0.4, -0.2) is 10.9 Å². The minimum Gasteiger partial charge on any atom is -0.321 e. The number of hydrogen-bond acceptors (Lipinski definition) is 3. The average molecular weight is 340 g/mol. The van der Waals surface area contributed by atoms with E-state index in [1.54, 1.807) is 6.07 Å². The number of aromatic nitrogens is 1. The number of hydrogen-bond donors (Lipinski definition) is 1. The van der Waals surface area contributed by atoms with E-state index in [1.165, 1.54) is 24.3 Å². The first kappa shape index (κ1) is 16.3. The van der Waals surface area contributed by atoms with Gasteiger partial charge in [0.15, 0.2) is 10.7 Å². The van der Waals surface area contributed by atoms with Crippen molar-refractivity contribution in [1.82, 2.24) is 4.98 Å². The van der Waals surface area contributed by atoms with Crippen molar-refractivity contribution in [2.45, 2.75) is 12.4 Å². The molecule has 1 heterocycles. The molecule has 0 bridgehead atoms. The SMILES string of the molecule is O=C(Nc1ccccc1)c1sc(C(F)(F)F)nc1C(F)(F)F. The summed E-state index contributed by atoms with van der Waals surface area (Å²) in [5.74, 6) is -1.30. The molecular weight excluding hydrogens is 334 g/mol. The van der Waals surface area contributed by atoms with E-state index in [9.17, 15) is 31.1 Å². The van der Waals surface area contributed by atoms with E-state index in [-0.39, 0.29) is 17.0 Å². The zero-order chi connectivity index (χ0) is 16.5. The maximum atomic E-state index is 12.7. The summed E-state index contributed by atoms with van der Waals surface area (Å²) in [6, 6.07) is 7.39. The Morgan fingerprint density at radius 3 is 2.09 bits per heavy atom. The number of nitrogens with zero attached hydrogens (tertiary/aromatic N) is 1. The number of benzene rings is 1. The van der Waals surface area contributed by atoms with Crippen molar-refractivity contribution < 1.29 is 31.1 Å². The van der Waals surface area contributed by atoms with Gasteiger partial charge in [-0.1, -0.05) is 18.2 Å². The van der Waals surface area contributed by atoms with Gasteiger partial charge in [0.2, 0.25) is 0 Å². The van der Waals surface area contributed by atoms with Gasteiger partial charge in [-0.3, -0.25) is 4.79 Å². The predicted octanol–water partition coefficient (Wildman–Crippen LogP) is 4.43. The van der Waals surface area contributed by atoms with E-state index in [1.807, 2.05) is 0 Å².